The number of carbonyl (C=O) groups is 1. The van der Waals surface area contributed by atoms with Crippen LogP contribution in [0.5, 0.6) is 0 Å². The number of hydrogen-bond acceptors (Lipinski definition) is 5. The van der Waals surface area contributed by atoms with Gasteiger partial charge in [0.2, 0.25) is 0 Å². The van der Waals surface area contributed by atoms with Crippen molar-refractivity contribution >= 4 is 28.8 Å². The maximum atomic E-state index is 12.4. The third-order valence-electron chi connectivity index (χ3n) is 4.16. The molecule has 0 saturated heterocycles. The fourth-order valence-electron chi connectivity index (χ4n) is 2.64. The summed E-state index contributed by atoms with van der Waals surface area (Å²) < 4.78 is 1.72. The molecular weight excluding hydrogens is 382 g/mol. The van der Waals surface area contributed by atoms with Crippen LogP contribution in [0.4, 0.5) is 0 Å². The number of aromatic nitrogens is 4. The standard InChI is InChI=1S/C19H22ClN5OS/c1-11(2)8-9-21-18(26)17-12(3)22-19(27-17)16-13(4)25(24-23-16)15-7-5-6-14(20)10-15/h5-7,10-11H,8-9H2,1-4H3,(H,21,26). The normalized spacial score (nSPS) is 11.2. The zero-order valence-corrected chi connectivity index (χ0v) is 17.4. The fraction of sp³-hybridized carbons (Fsp3) is 0.368. The van der Waals surface area contributed by atoms with E-state index in [1.54, 1.807) is 4.68 Å². The Morgan fingerprint density at radius 3 is 2.81 bits per heavy atom. The molecule has 2 heterocycles. The second-order valence-corrected chi connectivity index (χ2v) is 8.22. The highest BCUT2D eigenvalue weighted by Crippen LogP contribution is 2.29. The van der Waals surface area contributed by atoms with Gasteiger partial charge >= 0.3 is 0 Å². The maximum Gasteiger partial charge on any atom is 0.263 e. The first-order valence-electron chi connectivity index (χ1n) is 8.81. The highest BCUT2D eigenvalue weighted by molar-refractivity contribution is 7.17. The lowest BCUT2D eigenvalue weighted by Gasteiger charge is -2.05. The third kappa shape index (κ3) is 4.36. The van der Waals surface area contributed by atoms with Crippen LogP contribution in [0.2, 0.25) is 5.02 Å². The Morgan fingerprint density at radius 2 is 2.11 bits per heavy atom. The van der Waals surface area contributed by atoms with Crippen LogP contribution in [0, 0.1) is 19.8 Å². The van der Waals surface area contributed by atoms with Gasteiger partial charge in [-0.25, -0.2) is 9.67 Å². The number of halogens is 1. The summed E-state index contributed by atoms with van der Waals surface area (Å²) in [5.41, 5.74) is 3.05. The number of thiazole rings is 1. The number of aryl methyl sites for hydroxylation is 1. The molecule has 0 fully saturated rings. The van der Waals surface area contributed by atoms with E-state index in [1.807, 2.05) is 38.1 Å². The predicted octanol–water partition coefficient (Wildman–Crippen LogP) is 4.44. The summed E-state index contributed by atoms with van der Waals surface area (Å²) in [5.74, 6) is 0.462. The van der Waals surface area contributed by atoms with Crippen LogP contribution in [0.3, 0.4) is 0 Å². The number of rotatable bonds is 6. The molecule has 0 atom stereocenters. The fourth-order valence-corrected chi connectivity index (χ4v) is 3.85. The zero-order chi connectivity index (χ0) is 19.6. The molecule has 0 radical (unpaired) electrons. The highest BCUT2D eigenvalue weighted by atomic mass is 35.5. The van der Waals surface area contributed by atoms with Crippen molar-refractivity contribution in [2.24, 2.45) is 5.92 Å². The number of hydrogen-bond donors (Lipinski definition) is 1. The molecule has 1 aromatic carbocycles. The summed E-state index contributed by atoms with van der Waals surface area (Å²) in [6.07, 6.45) is 0.948. The summed E-state index contributed by atoms with van der Waals surface area (Å²) in [7, 11) is 0. The largest absolute Gasteiger partial charge is 0.351 e. The van der Waals surface area contributed by atoms with Gasteiger partial charge in [-0.3, -0.25) is 4.79 Å². The van der Waals surface area contributed by atoms with E-state index in [9.17, 15) is 4.79 Å². The Hall–Kier alpha value is -2.25. The average Bonchev–Trinajstić information content (AvgIpc) is 3.17. The molecule has 3 rings (SSSR count). The minimum Gasteiger partial charge on any atom is -0.351 e. The molecule has 2 aromatic heterocycles. The first kappa shape index (κ1) is 19.5. The van der Waals surface area contributed by atoms with Gasteiger partial charge in [0.25, 0.3) is 5.91 Å². The van der Waals surface area contributed by atoms with E-state index in [1.165, 1.54) is 11.3 Å². The molecule has 0 saturated carbocycles. The predicted molar refractivity (Wildman–Crippen MR) is 109 cm³/mol. The van der Waals surface area contributed by atoms with Crippen LogP contribution >= 0.6 is 22.9 Å². The summed E-state index contributed by atoms with van der Waals surface area (Å²) in [4.78, 5) is 17.6. The summed E-state index contributed by atoms with van der Waals surface area (Å²) in [5, 5.41) is 12.8. The molecular formula is C19H22ClN5OS. The quantitative estimate of drug-likeness (QED) is 0.660. The van der Waals surface area contributed by atoms with Crippen molar-refractivity contribution in [3.63, 3.8) is 0 Å². The van der Waals surface area contributed by atoms with Gasteiger partial charge in [-0.15, -0.1) is 16.4 Å². The molecule has 0 aliphatic rings. The van der Waals surface area contributed by atoms with Gasteiger partial charge in [0, 0.05) is 11.6 Å². The first-order valence-corrected chi connectivity index (χ1v) is 10.0. The van der Waals surface area contributed by atoms with Crippen molar-refractivity contribution < 1.29 is 4.79 Å². The van der Waals surface area contributed by atoms with Crippen LogP contribution in [-0.2, 0) is 0 Å². The lowest BCUT2D eigenvalue weighted by Crippen LogP contribution is -2.25. The van der Waals surface area contributed by atoms with Crippen molar-refractivity contribution in [3.8, 4) is 16.4 Å². The minimum absolute atomic E-state index is 0.0863. The van der Waals surface area contributed by atoms with Crippen LogP contribution in [0.25, 0.3) is 16.4 Å². The van der Waals surface area contributed by atoms with E-state index in [0.29, 0.717) is 38.8 Å². The smallest absolute Gasteiger partial charge is 0.263 e. The highest BCUT2D eigenvalue weighted by Gasteiger charge is 2.20. The molecule has 1 N–H and O–H groups in total. The van der Waals surface area contributed by atoms with Crippen molar-refractivity contribution in [2.75, 3.05) is 6.54 Å². The Morgan fingerprint density at radius 1 is 1.33 bits per heavy atom. The van der Waals surface area contributed by atoms with E-state index in [4.69, 9.17) is 11.6 Å². The average molecular weight is 404 g/mol. The molecule has 0 spiro atoms. The van der Waals surface area contributed by atoms with Gasteiger partial charge in [-0.05, 0) is 44.4 Å². The third-order valence-corrected chi connectivity index (χ3v) is 5.56. The number of benzene rings is 1. The van der Waals surface area contributed by atoms with Crippen LogP contribution in [0.1, 0.15) is 41.3 Å². The van der Waals surface area contributed by atoms with Gasteiger partial charge in [-0.1, -0.05) is 36.7 Å². The molecule has 3 aromatic rings. The zero-order valence-electron chi connectivity index (χ0n) is 15.8. The van der Waals surface area contributed by atoms with Crippen LogP contribution in [0.15, 0.2) is 24.3 Å². The summed E-state index contributed by atoms with van der Waals surface area (Å²) >= 11 is 7.42. The molecule has 0 bridgehead atoms. The van der Waals surface area contributed by atoms with Crippen molar-refractivity contribution in [1.82, 2.24) is 25.3 Å². The van der Waals surface area contributed by atoms with Crippen molar-refractivity contribution in [3.05, 3.63) is 45.6 Å². The second kappa shape index (κ2) is 8.19. The number of nitrogens with zero attached hydrogens (tertiary/aromatic N) is 4. The number of carbonyl (C=O) groups excluding carboxylic acids is 1. The Bertz CT molecular complexity index is 963. The molecule has 6 nitrogen and oxygen atoms in total. The molecule has 27 heavy (non-hydrogen) atoms. The Kier molecular flexibility index (Phi) is 5.92. The lowest BCUT2D eigenvalue weighted by atomic mass is 10.1. The van der Waals surface area contributed by atoms with Crippen molar-refractivity contribution in [2.45, 2.75) is 34.1 Å². The second-order valence-electron chi connectivity index (χ2n) is 6.79. The first-order chi connectivity index (χ1) is 12.9. The van der Waals surface area contributed by atoms with E-state index in [0.717, 1.165) is 17.8 Å². The maximum absolute atomic E-state index is 12.4. The summed E-state index contributed by atoms with van der Waals surface area (Å²) in [6.45, 7) is 8.69. The monoisotopic (exact) mass is 403 g/mol. The summed E-state index contributed by atoms with van der Waals surface area (Å²) in [6, 6.07) is 7.42. The van der Waals surface area contributed by atoms with Crippen LogP contribution in [-0.4, -0.2) is 32.4 Å². The Balaban J connectivity index is 1.85. The molecule has 1 amide bonds. The SMILES string of the molecule is Cc1nc(-c2nnn(-c3cccc(Cl)c3)c2C)sc1C(=O)NCCC(C)C. The molecule has 142 valence electrons. The van der Waals surface area contributed by atoms with E-state index in [-0.39, 0.29) is 5.91 Å². The van der Waals surface area contributed by atoms with E-state index < -0.39 is 0 Å². The van der Waals surface area contributed by atoms with E-state index >= 15 is 0 Å². The van der Waals surface area contributed by atoms with Crippen LogP contribution < -0.4 is 5.32 Å². The topological polar surface area (TPSA) is 72.7 Å². The number of nitrogens with one attached hydrogen (secondary N) is 1. The van der Waals surface area contributed by atoms with E-state index in [2.05, 4.69) is 34.5 Å². The van der Waals surface area contributed by atoms with Gasteiger partial charge < -0.3 is 5.32 Å². The molecule has 0 aliphatic carbocycles. The molecule has 0 aliphatic heterocycles. The van der Waals surface area contributed by atoms with Gasteiger partial charge in [0.05, 0.1) is 17.1 Å². The Labute approximate surface area is 167 Å². The minimum atomic E-state index is -0.0863. The van der Waals surface area contributed by atoms with Gasteiger partial charge in [-0.2, -0.15) is 0 Å². The van der Waals surface area contributed by atoms with Crippen molar-refractivity contribution in [1.29, 1.82) is 0 Å². The number of amides is 1. The lowest BCUT2D eigenvalue weighted by molar-refractivity contribution is 0.0955. The van der Waals surface area contributed by atoms with Gasteiger partial charge in [0.15, 0.2) is 0 Å². The van der Waals surface area contributed by atoms with Gasteiger partial charge in [0.1, 0.15) is 15.6 Å². The molecule has 0 unspecified atom stereocenters. The molecule has 8 heteroatoms.